The van der Waals surface area contributed by atoms with Crippen LogP contribution in [0.15, 0.2) is 0 Å². The number of Topliss-reactive ketones (excluding diaryl/α,β-unsaturated/α-hetero) is 1. The first-order valence-electron chi connectivity index (χ1n) is 2.99. The van der Waals surface area contributed by atoms with Crippen LogP contribution >= 0.6 is 0 Å². The molecular weight excluding hydrogens is 102 g/mol. The third-order valence-corrected chi connectivity index (χ3v) is 1.32. The van der Waals surface area contributed by atoms with E-state index >= 15 is 0 Å². The number of carbonyl (C=O) groups excluding carboxylic acids is 1. The Morgan fingerprint density at radius 1 is 1.75 bits per heavy atom. The van der Waals surface area contributed by atoms with E-state index in [-0.39, 0.29) is 12.0 Å². The van der Waals surface area contributed by atoms with Gasteiger partial charge >= 0.3 is 0 Å². The molecule has 0 saturated carbocycles. The van der Waals surface area contributed by atoms with Crippen LogP contribution in [0.1, 0.15) is 13.8 Å². The van der Waals surface area contributed by atoms with E-state index in [0.717, 1.165) is 6.54 Å². The van der Waals surface area contributed by atoms with Gasteiger partial charge in [-0.2, -0.15) is 0 Å². The SMILES string of the molecule is CC(C)C(=O)[C@H]1CN1. The van der Waals surface area contributed by atoms with Gasteiger partial charge in [0.25, 0.3) is 0 Å². The second-order valence-electron chi connectivity index (χ2n) is 2.52. The minimum Gasteiger partial charge on any atom is -0.304 e. The van der Waals surface area contributed by atoms with Crippen LogP contribution < -0.4 is 5.32 Å². The van der Waals surface area contributed by atoms with Gasteiger partial charge in [0.15, 0.2) is 5.78 Å². The highest BCUT2D eigenvalue weighted by Crippen LogP contribution is 2.05. The molecule has 1 fully saturated rings. The number of hydrogen-bond donors (Lipinski definition) is 1. The average molecular weight is 113 g/mol. The number of hydrogen-bond acceptors (Lipinski definition) is 2. The minimum atomic E-state index is 0.204. The molecule has 0 unspecified atom stereocenters. The lowest BCUT2D eigenvalue weighted by Gasteiger charge is -1.97. The summed E-state index contributed by atoms with van der Waals surface area (Å²) in [5, 5.41) is 2.97. The van der Waals surface area contributed by atoms with E-state index in [4.69, 9.17) is 0 Å². The Morgan fingerprint density at radius 3 is 2.38 bits per heavy atom. The maximum absolute atomic E-state index is 10.8. The molecule has 2 heteroatoms. The molecule has 2 nitrogen and oxygen atoms in total. The summed E-state index contributed by atoms with van der Waals surface area (Å²) in [6.07, 6.45) is 0. The molecule has 0 spiro atoms. The normalized spacial score (nSPS) is 26.1. The number of rotatable bonds is 2. The zero-order valence-electron chi connectivity index (χ0n) is 5.27. The van der Waals surface area contributed by atoms with Crippen LogP contribution in [0.4, 0.5) is 0 Å². The van der Waals surface area contributed by atoms with Crippen molar-refractivity contribution in [2.45, 2.75) is 19.9 Å². The molecule has 1 aliphatic heterocycles. The molecule has 0 radical (unpaired) electrons. The fourth-order valence-electron chi connectivity index (χ4n) is 0.662. The quantitative estimate of drug-likeness (QED) is 0.519. The molecule has 0 bridgehead atoms. The lowest BCUT2D eigenvalue weighted by Crippen LogP contribution is -2.15. The Labute approximate surface area is 49.3 Å². The molecule has 0 amide bonds. The van der Waals surface area contributed by atoms with Gasteiger partial charge in [-0.1, -0.05) is 13.8 Å². The standard InChI is InChI=1S/C6H11NO/c1-4(2)6(8)5-3-7-5/h4-5,7H,3H2,1-2H3/t5-/m1/s1. The van der Waals surface area contributed by atoms with Crippen molar-refractivity contribution in [1.82, 2.24) is 5.32 Å². The first kappa shape index (κ1) is 5.76. The van der Waals surface area contributed by atoms with Crippen molar-refractivity contribution in [2.75, 3.05) is 6.54 Å². The highest BCUT2D eigenvalue weighted by molar-refractivity contribution is 5.88. The lowest BCUT2D eigenvalue weighted by atomic mass is 10.1. The van der Waals surface area contributed by atoms with Gasteiger partial charge < -0.3 is 5.32 Å². The monoisotopic (exact) mass is 113 g/mol. The largest absolute Gasteiger partial charge is 0.304 e. The van der Waals surface area contributed by atoms with Gasteiger partial charge in [0, 0.05) is 12.5 Å². The van der Waals surface area contributed by atoms with Crippen molar-refractivity contribution in [1.29, 1.82) is 0 Å². The maximum atomic E-state index is 10.8. The molecule has 1 N–H and O–H groups in total. The number of ketones is 1. The van der Waals surface area contributed by atoms with Crippen LogP contribution in [-0.4, -0.2) is 18.4 Å². The molecule has 0 aromatic rings. The van der Waals surface area contributed by atoms with Crippen LogP contribution in [-0.2, 0) is 4.79 Å². The van der Waals surface area contributed by atoms with Crippen molar-refractivity contribution in [3.63, 3.8) is 0 Å². The smallest absolute Gasteiger partial charge is 0.153 e. The molecule has 1 saturated heterocycles. The van der Waals surface area contributed by atoms with Crippen molar-refractivity contribution in [3.8, 4) is 0 Å². The topological polar surface area (TPSA) is 39.0 Å². The second-order valence-corrected chi connectivity index (χ2v) is 2.52. The number of carbonyl (C=O) groups is 1. The summed E-state index contributed by atoms with van der Waals surface area (Å²) in [5.74, 6) is 0.556. The van der Waals surface area contributed by atoms with Gasteiger partial charge in [0.2, 0.25) is 0 Å². The van der Waals surface area contributed by atoms with Gasteiger partial charge in [-0.05, 0) is 0 Å². The summed E-state index contributed by atoms with van der Waals surface area (Å²) >= 11 is 0. The Kier molecular flexibility index (Phi) is 1.34. The van der Waals surface area contributed by atoms with Crippen molar-refractivity contribution >= 4 is 5.78 Å². The fourth-order valence-corrected chi connectivity index (χ4v) is 0.662. The lowest BCUT2D eigenvalue weighted by molar-refractivity contribution is -0.121. The fraction of sp³-hybridized carbons (Fsp3) is 0.833. The molecule has 1 rings (SSSR count). The predicted octanol–water partition coefficient (Wildman–Crippen LogP) is 0.183. The highest BCUT2D eigenvalue weighted by atomic mass is 16.1. The second kappa shape index (κ2) is 1.86. The van der Waals surface area contributed by atoms with Crippen molar-refractivity contribution in [3.05, 3.63) is 0 Å². The molecule has 0 aromatic heterocycles. The average Bonchev–Trinajstić information content (AvgIpc) is 2.43. The van der Waals surface area contributed by atoms with Gasteiger partial charge in [0.1, 0.15) is 0 Å². The van der Waals surface area contributed by atoms with Gasteiger partial charge in [-0.25, -0.2) is 0 Å². The number of nitrogens with one attached hydrogen (secondary N) is 1. The van der Waals surface area contributed by atoms with E-state index in [0.29, 0.717) is 5.78 Å². The van der Waals surface area contributed by atoms with E-state index < -0.39 is 0 Å². The molecule has 1 atom stereocenters. The molecular formula is C6H11NO. The van der Waals surface area contributed by atoms with Crippen molar-refractivity contribution in [2.24, 2.45) is 5.92 Å². The van der Waals surface area contributed by atoms with Gasteiger partial charge in [-0.15, -0.1) is 0 Å². The Hall–Kier alpha value is -0.370. The summed E-state index contributed by atoms with van der Waals surface area (Å²) in [6, 6.07) is 0.204. The summed E-state index contributed by atoms with van der Waals surface area (Å²) in [5.41, 5.74) is 0. The zero-order valence-corrected chi connectivity index (χ0v) is 5.27. The Balaban J connectivity index is 2.33. The van der Waals surface area contributed by atoms with Crippen molar-refractivity contribution < 1.29 is 4.79 Å². The van der Waals surface area contributed by atoms with Crippen LogP contribution in [0.2, 0.25) is 0 Å². The zero-order chi connectivity index (χ0) is 6.15. The van der Waals surface area contributed by atoms with E-state index in [1.54, 1.807) is 0 Å². The maximum Gasteiger partial charge on any atom is 0.153 e. The third kappa shape index (κ3) is 1.07. The van der Waals surface area contributed by atoms with E-state index in [2.05, 4.69) is 5.32 Å². The molecule has 0 aliphatic carbocycles. The van der Waals surface area contributed by atoms with E-state index in [9.17, 15) is 4.79 Å². The Morgan fingerprint density at radius 2 is 2.25 bits per heavy atom. The predicted molar refractivity (Wildman–Crippen MR) is 31.6 cm³/mol. The highest BCUT2D eigenvalue weighted by Gasteiger charge is 2.29. The van der Waals surface area contributed by atoms with Crippen LogP contribution in [0.25, 0.3) is 0 Å². The van der Waals surface area contributed by atoms with Crippen LogP contribution in [0.5, 0.6) is 0 Å². The van der Waals surface area contributed by atoms with Crippen LogP contribution in [0.3, 0.4) is 0 Å². The summed E-state index contributed by atoms with van der Waals surface area (Å²) in [6.45, 7) is 4.77. The molecule has 8 heavy (non-hydrogen) atoms. The molecule has 1 heterocycles. The minimum absolute atomic E-state index is 0.204. The third-order valence-electron chi connectivity index (χ3n) is 1.32. The summed E-state index contributed by atoms with van der Waals surface area (Å²) < 4.78 is 0. The van der Waals surface area contributed by atoms with Crippen LogP contribution in [0, 0.1) is 5.92 Å². The molecule has 1 aliphatic rings. The first-order chi connectivity index (χ1) is 3.72. The Bertz CT molecular complexity index is 101. The summed E-state index contributed by atoms with van der Waals surface area (Å²) in [4.78, 5) is 10.8. The van der Waals surface area contributed by atoms with E-state index in [1.165, 1.54) is 0 Å². The first-order valence-corrected chi connectivity index (χ1v) is 2.99. The summed E-state index contributed by atoms with van der Waals surface area (Å²) in [7, 11) is 0. The molecule has 0 aromatic carbocycles. The molecule has 46 valence electrons. The van der Waals surface area contributed by atoms with Gasteiger partial charge in [0.05, 0.1) is 6.04 Å². The van der Waals surface area contributed by atoms with E-state index in [1.807, 2.05) is 13.8 Å². The van der Waals surface area contributed by atoms with Gasteiger partial charge in [-0.3, -0.25) is 4.79 Å².